The van der Waals surface area contributed by atoms with Gasteiger partial charge in [0.2, 0.25) is 0 Å². The minimum atomic E-state index is -1.29. The number of aryl methyl sites for hydroxylation is 1. The third-order valence-electron chi connectivity index (χ3n) is 3.99. The molecule has 0 saturated heterocycles. The van der Waals surface area contributed by atoms with Crippen molar-refractivity contribution >= 4 is 6.16 Å². The van der Waals surface area contributed by atoms with Crippen molar-refractivity contribution in [3.8, 4) is 11.5 Å². The lowest BCUT2D eigenvalue weighted by Gasteiger charge is -2.04. The number of hydrogen-bond acceptors (Lipinski definition) is 3. The zero-order valence-corrected chi connectivity index (χ0v) is 15.6. The van der Waals surface area contributed by atoms with E-state index in [4.69, 9.17) is 5.11 Å². The van der Waals surface area contributed by atoms with E-state index in [1.165, 1.54) is 44.9 Å². The topological polar surface area (TPSA) is 66.8 Å². The largest absolute Gasteiger partial charge is 0.511 e. The second-order valence-corrected chi connectivity index (χ2v) is 6.18. The van der Waals surface area contributed by atoms with Crippen LogP contribution in [0.5, 0.6) is 11.5 Å². The van der Waals surface area contributed by atoms with Crippen molar-refractivity contribution in [1.29, 1.82) is 0 Å². The van der Waals surface area contributed by atoms with E-state index in [1.54, 1.807) is 36.4 Å². The Morgan fingerprint density at radius 1 is 0.846 bits per heavy atom. The quantitative estimate of drug-likeness (QED) is 0.308. The molecule has 0 atom stereocenters. The molecule has 0 radical (unpaired) electrons. The summed E-state index contributed by atoms with van der Waals surface area (Å²) in [6.07, 6.45) is 9.00. The third-order valence-corrected chi connectivity index (χ3v) is 3.99. The lowest BCUT2D eigenvalue weighted by atomic mass is 10.0. The highest BCUT2D eigenvalue weighted by Crippen LogP contribution is 2.18. The second-order valence-electron chi connectivity index (χ2n) is 6.18. The maximum Gasteiger partial charge on any atom is 0.511 e. The van der Waals surface area contributed by atoms with Gasteiger partial charge in [-0.05, 0) is 36.6 Å². The Labute approximate surface area is 156 Å². The van der Waals surface area contributed by atoms with Crippen molar-refractivity contribution in [2.24, 2.45) is 0 Å². The summed E-state index contributed by atoms with van der Waals surface area (Å²) in [5, 5.41) is 17.7. The smallest absolute Gasteiger partial charge is 0.508 e. The number of carboxylic acid groups (broad SMARTS) is 1. The Kier molecular flexibility index (Phi) is 11.4. The van der Waals surface area contributed by atoms with Crippen LogP contribution < -0.4 is 4.74 Å². The Bertz CT molecular complexity index is 611. The van der Waals surface area contributed by atoms with Crippen molar-refractivity contribution in [3.63, 3.8) is 0 Å². The van der Waals surface area contributed by atoms with Crippen LogP contribution >= 0.6 is 0 Å². The van der Waals surface area contributed by atoms with Crippen LogP contribution in [0.4, 0.5) is 4.79 Å². The van der Waals surface area contributed by atoms with Crippen molar-refractivity contribution < 1.29 is 19.7 Å². The number of benzene rings is 2. The number of carbonyl (C=O) groups is 1. The molecule has 2 aromatic rings. The molecule has 4 nitrogen and oxygen atoms in total. The minimum Gasteiger partial charge on any atom is -0.508 e. The average molecular weight is 358 g/mol. The molecule has 0 bridgehead atoms. The van der Waals surface area contributed by atoms with Crippen molar-refractivity contribution in [2.75, 3.05) is 0 Å². The first-order valence-electron chi connectivity index (χ1n) is 9.36. The summed E-state index contributed by atoms with van der Waals surface area (Å²) < 4.78 is 4.33. The molecule has 0 spiro atoms. The normalized spacial score (nSPS) is 9.88. The fourth-order valence-electron chi connectivity index (χ4n) is 2.58. The maximum absolute atomic E-state index is 9.95. The van der Waals surface area contributed by atoms with E-state index in [0.29, 0.717) is 11.5 Å². The number of rotatable bonds is 9. The molecular weight excluding hydrogens is 328 g/mol. The highest BCUT2D eigenvalue weighted by Gasteiger charge is 1.99. The van der Waals surface area contributed by atoms with Crippen molar-refractivity contribution in [1.82, 2.24) is 0 Å². The van der Waals surface area contributed by atoms with Crippen LogP contribution in [0.2, 0.25) is 0 Å². The van der Waals surface area contributed by atoms with E-state index >= 15 is 0 Å². The summed E-state index contributed by atoms with van der Waals surface area (Å²) in [6, 6.07) is 16.0. The van der Waals surface area contributed by atoms with Gasteiger partial charge in [0, 0.05) is 0 Å². The predicted octanol–water partition coefficient (Wildman–Crippen LogP) is 6.43. The minimum absolute atomic E-state index is 0.343. The molecule has 26 heavy (non-hydrogen) atoms. The van der Waals surface area contributed by atoms with Gasteiger partial charge in [0.05, 0.1) is 0 Å². The maximum atomic E-state index is 9.95. The van der Waals surface area contributed by atoms with E-state index in [2.05, 4.69) is 11.7 Å². The SMILES string of the molecule is CCCCCCCCCc1ccccc1O.O=C(O)Oc1ccccc1. The summed E-state index contributed by atoms with van der Waals surface area (Å²) >= 11 is 0. The number of unbranched alkanes of at least 4 members (excludes halogenated alkanes) is 6. The average Bonchev–Trinajstić information content (AvgIpc) is 2.63. The predicted molar refractivity (Wildman–Crippen MR) is 105 cm³/mol. The van der Waals surface area contributed by atoms with Gasteiger partial charge in [-0.3, -0.25) is 0 Å². The zero-order chi connectivity index (χ0) is 19.0. The molecule has 2 rings (SSSR count). The fraction of sp³-hybridized carbons (Fsp3) is 0.409. The van der Waals surface area contributed by atoms with Crippen LogP contribution in [0, 0.1) is 0 Å². The van der Waals surface area contributed by atoms with E-state index in [-0.39, 0.29) is 0 Å². The third kappa shape index (κ3) is 10.4. The molecule has 0 unspecified atom stereocenters. The first kappa shape index (κ1) is 21.6. The summed E-state index contributed by atoms with van der Waals surface area (Å²) in [5.74, 6) is 0.795. The molecule has 4 heteroatoms. The van der Waals surface area contributed by atoms with Gasteiger partial charge in [0.15, 0.2) is 0 Å². The van der Waals surface area contributed by atoms with E-state index in [0.717, 1.165) is 12.0 Å². The van der Waals surface area contributed by atoms with Gasteiger partial charge in [-0.1, -0.05) is 81.8 Å². The molecule has 0 aliphatic heterocycles. The summed E-state index contributed by atoms with van der Waals surface area (Å²) in [5.41, 5.74) is 1.09. The number of para-hydroxylation sites is 2. The molecule has 2 aromatic carbocycles. The van der Waals surface area contributed by atoms with Crippen molar-refractivity contribution in [3.05, 3.63) is 60.2 Å². The van der Waals surface area contributed by atoms with Gasteiger partial charge < -0.3 is 14.9 Å². The van der Waals surface area contributed by atoms with Crippen LogP contribution in [-0.2, 0) is 6.42 Å². The highest BCUT2D eigenvalue weighted by atomic mass is 16.7. The molecule has 0 aliphatic rings. The Balaban J connectivity index is 0.000000289. The van der Waals surface area contributed by atoms with E-state index in [1.807, 2.05) is 18.2 Å². The van der Waals surface area contributed by atoms with Gasteiger partial charge in [0.25, 0.3) is 0 Å². The summed E-state index contributed by atoms with van der Waals surface area (Å²) in [7, 11) is 0. The molecule has 0 saturated carbocycles. The number of phenols is 1. The molecular formula is C22H30O4. The van der Waals surface area contributed by atoms with Crippen molar-refractivity contribution in [2.45, 2.75) is 58.3 Å². The molecule has 142 valence electrons. The fourth-order valence-corrected chi connectivity index (χ4v) is 2.58. The Morgan fingerprint density at radius 2 is 1.42 bits per heavy atom. The molecule has 0 aromatic heterocycles. The number of phenolic OH excluding ortho intramolecular Hbond substituents is 1. The second kappa shape index (κ2) is 13.8. The number of ether oxygens (including phenoxy) is 1. The molecule has 0 fully saturated rings. The van der Waals surface area contributed by atoms with Gasteiger partial charge >= 0.3 is 6.16 Å². The van der Waals surface area contributed by atoms with Crippen LogP contribution in [0.3, 0.4) is 0 Å². The van der Waals surface area contributed by atoms with Crippen LogP contribution in [0.25, 0.3) is 0 Å². The summed E-state index contributed by atoms with van der Waals surface area (Å²) in [4.78, 5) is 9.95. The Morgan fingerprint density at radius 3 is 2.04 bits per heavy atom. The summed E-state index contributed by atoms with van der Waals surface area (Å²) in [6.45, 7) is 2.25. The standard InChI is InChI=1S/C15H24O.C7H6O3/c1-2-3-4-5-6-7-8-11-14-12-9-10-13-15(14)16;8-7(9)10-6-4-2-1-3-5-6/h9-10,12-13,16H,2-8,11H2,1H3;1-5H,(H,8,9). The van der Waals surface area contributed by atoms with Gasteiger partial charge in [-0.15, -0.1) is 0 Å². The van der Waals surface area contributed by atoms with E-state index in [9.17, 15) is 9.90 Å². The van der Waals surface area contributed by atoms with Crippen LogP contribution in [0.1, 0.15) is 57.4 Å². The number of aromatic hydroxyl groups is 1. The Hall–Kier alpha value is -2.49. The van der Waals surface area contributed by atoms with Gasteiger partial charge in [-0.25, -0.2) is 4.79 Å². The lowest BCUT2D eigenvalue weighted by Crippen LogP contribution is -2.02. The van der Waals surface area contributed by atoms with Gasteiger partial charge in [-0.2, -0.15) is 0 Å². The van der Waals surface area contributed by atoms with Gasteiger partial charge in [0.1, 0.15) is 11.5 Å². The van der Waals surface area contributed by atoms with Crippen LogP contribution in [-0.4, -0.2) is 16.4 Å². The van der Waals surface area contributed by atoms with E-state index < -0.39 is 6.16 Å². The van der Waals surface area contributed by atoms with Crippen LogP contribution in [0.15, 0.2) is 54.6 Å². The molecule has 0 amide bonds. The highest BCUT2D eigenvalue weighted by molar-refractivity contribution is 5.60. The lowest BCUT2D eigenvalue weighted by molar-refractivity contribution is 0.144. The zero-order valence-electron chi connectivity index (χ0n) is 15.6. The number of hydrogen-bond donors (Lipinski definition) is 2. The first-order chi connectivity index (χ1) is 12.6. The first-order valence-corrected chi connectivity index (χ1v) is 9.36. The monoisotopic (exact) mass is 358 g/mol. The molecule has 0 heterocycles. The molecule has 0 aliphatic carbocycles. The molecule has 2 N–H and O–H groups in total.